The third kappa shape index (κ3) is 4.71. The van der Waals surface area contributed by atoms with Crippen molar-refractivity contribution in [2.45, 2.75) is 25.8 Å². The minimum atomic E-state index is -1.04. The number of nitrogens with one attached hydrogen (secondary N) is 1. The molecule has 0 saturated heterocycles. The number of rotatable bonds is 5. The van der Waals surface area contributed by atoms with Crippen LogP contribution in [0.5, 0.6) is 0 Å². The van der Waals surface area contributed by atoms with Crippen LogP contribution in [0.15, 0.2) is 30.3 Å². The molecule has 4 heteroatoms. The van der Waals surface area contributed by atoms with E-state index in [2.05, 4.69) is 17.2 Å². The summed E-state index contributed by atoms with van der Waals surface area (Å²) in [7, 11) is 0. The lowest BCUT2D eigenvalue weighted by Crippen LogP contribution is -2.40. The van der Waals surface area contributed by atoms with Gasteiger partial charge in [-0.3, -0.25) is 4.79 Å². The lowest BCUT2D eigenvalue weighted by atomic mass is 10.1. The van der Waals surface area contributed by atoms with Gasteiger partial charge in [-0.1, -0.05) is 36.3 Å². The summed E-state index contributed by atoms with van der Waals surface area (Å²) >= 11 is 0. The Morgan fingerprint density at radius 1 is 1.33 bits per heavy atom. The quantitative estimate of drug-likeness (QED) is 0.766. The molecule has 0 fully saturated rings. The van der Waals surface area contributed by atoms with Crippen molar-refractivity contribution in [3.63, 3.8) is 0 Å². The first-order valence-corrected chi connectivity index (χ1v) is 5.63. The van der Waals surface area contributed by atoms with Crippen LogP contribution in [0, 0.1) is 11.8 Å². The Kier molecular flexibility index (Phi) is 5.46. The minimum Gasteiger partial charge on any atom is -0.480 e. The largest absolute Gasteiger partial charge is 0.480 e. The molecule has 94 valence electrons. The lowest BCUT2D eigenvalue weighted by molar-refractivity contribution is -0.141. The van der Waals surface area contributed by atoms with Crippen LogP contribution < -0.4 is 5.32 Å². The number of aryl methyl sites for hydroxylation is 1. The molecule has 1 aromatic rings. The third-order valence-electron chi connectivity index (χ3n) is 2.41. The maximum atomic E-state index is 11.2. The SMILES string of the molecule is CC#CC(=O)N[C@@H](CCc1ccccc1)C(=O)O. The van der Waals surface area contributed by atoms with Gasteiger partial charge in [0.2, 0.25) is 0 Å². The number of carbonyl (C=O) groups excluding carboxylic acids is 1. The van der Waals surface area contributed by atoms with Crippen molar-refractivity contribution in [2.75, 3.05) is 0 Å². The highest BCUT2D eigenvalue weighted by Crippen LogP contribution is 2.05. The fraction of sp³-hybridized carbons (Fsp3) is 0.286. The average Bonchev–Trinajstić information content (AvgIpc) is 2.35. The molecule has 0 radical (unpaired) electrons. The number of benzene rings is 1. The molecule has 0 aliphatic heterocycles. The molecule has 18 heavy (non-hydrogen) atoms. The van der Waals surface area contributed by atoms with Gasteiger partial charge < -0.3 is 10.4 Å². The van der Waals surface area contributed by atoms with E-state index in [-0.39, 0.29) is 0 Å². The fourth-order valence-corrected chi connectivity index (χ4v) is 1.52. The van der Waals surface area contributed by atoms with Crippen molar-refractivity contribution in [1.82, 2.24) is 5.32 Å². The van der Waals surface area contributed by atoms with Gasteiger partial charge in [-0.05, 0) is 31.2 Å². The van der Waals surface area contributed by atoms with Gasteiger partial charge >= 0.3 is 5.97 Å². The average molecular weight is 245 g/mol. The molecule has 1 atom stereocenters. The molecule has 2 N–H and O–H groups in total. The molecular weight excluding hydrogens is 230 g/mol. The Morgan fingerprint density at radius 3 is 2.56 bits per heavy atom. The third-order valence-corrected chi connectivity index (χ3v) is 2.41. The second-order valence-electron chi connectivity index (χ2n) is 3.76. The van der Waals surface area contributed by atoms with E-state index >= 15 is 0 Å². The van der Waals surface area contributed by atoms with E-state index < -0.39 is 17.9 Å². The zero-order valence-electron chi connectivity index (χ0n) is 10.1. The van der Waals surface area contributed by atoms with Crippen molar-refractivity contribution >= 4 is 11.9 Å². The zero-order chi connectivity index (χ0) is 13.4. The number of hydrogen-bond donors (Lipinski definition) is 2. The summed E-state index contributed by atoms with van der Waals surface area (Å²) in [6.45, 7) is 1.53. The van der Waals surface area contributed by atoms with Crippen LogP contribution in [0.25, 0.3) is 0 Å². The Balaban J connectivity index is 2.55. The molecule has 1 amide bonds. The first kappa shape index (κ1) is 13.8. The van der Waals surface area contributed by atoms with E-state index in [0.717, 1.165) is 5.56 Å². The monoisotopic (exact) mass is 245 g/mol. The number of carbonyl (C=O) groups is 2. The van der Waals surface area contributed by atoms with E-state index in [1.807, 2.05) is 30.3 Å². The topological polar surface area (TPSA) is 66.4 Å². The summed E-state index contributed by atoms with van der Waals surface area (Å²) < 4.78 is 0. The molecule has 0 bridgehead atoms. The summed E-state index contributed by atoms with van der Waals surface area (Å²) in [5.74, 6) is 3.09. The van der Waals surface area contributed by atoms with E-state index in [1.54, 1.807) is 0 Å². The second-order valence-corrected chi connectivity index (χ2v) is 3.76. The first-order valence-electron chi connectivity index (χ1n) is 5.63. The van der Waals surface area contributed by atoms with E-state index in [4.69, 9.17) is 5.11 Å². The number of amides is 1. The molecule has 0 spiro atoms. The molecule has 0 saturated carbocycles. The summed E-state index contributed by atoms with van der Waals surface area (Å²) in [5.41, 5.74) is 1.04. The number of hydrogen-bond acceptors (Lipinski definition) is 2. The van der Waals surface area contributed by atoms with E-state index in [1.165, 1.54) is 6.92 Å². The Labute approximate surface area is 106 Å². The Morgan fingerprint density at radius 2 is 2.00 bits per heavy atom. The molecular formula is C14H15NO3. The standard InChI is InChI=1S/C14H15NO3/c1-2-6-13(16)15-12(14(17)18)10-9-11-7-4-3-5-8-11/h3-5,7-8,12H,9-10H2,1H3,(H,15,16)(H,17,18)/t12-/m0/s1. The highest BCUT2D eigenvalue weighted by atomic mass is 16.4. The lowest BCUT2D eigenvalue weighted by Gasteiger charge is -2.12. The van der Waals surface area contributed by atoms with Crippen molar-refractivity contribution in [3.05, 3.63) is 35.9 Å². The minimum absolute atomic E-state index is 0.344. The Hall–Kier alpha value is -2.28. The first-order chi connectivity index (χ1) is 8.63. The van der Waals surface area contributed by atoms with Gasteiger partial charge in [0, 0.05) is 0 Å². The van der Waals surface area contributed by atoms with Crippen molar-refractivity contribution in [1.29, 1.82) is 0 Å². The van der Waals surface area contributed by atoms with Crippen LogP contribution >= 0.6 is 0 Å². The van der Waals surface area contributed by atoms with Gasteiger partial charge in [-0.15, -0.1) is 0 Å². The van der Waals surface area contributed by atoms with Gasteiger partial charge in [0.05, 0.1) is 0 Å². The molecule has 0 unspecified atom stereocenters. The maximum Gasteiger partial charge on any atom is 0.326 e. The molecule has 4 nitrogen and oxygen atoms in total. The van der Waals surface area contributed by atoms with Gasteiger partial charge in [-0.2, -0.15) is 0 Å². The normalized spacial score (nSPS) is 10.9. The van der Waals surface area contributed by atoms with Gasteiger partial charge in [0.1, 0.15) is 6.04 Å². The maximum absolute atomic E-state index is 11.2. The van der Waals surface area contributed by atoms with Gasteiger partial charge in [0.15, 0.2) is 0 Å². The number of aliphatic carboxylic acids is 1. The number of carboxylic acids is 1. The summed E-state index contributed by atoms with van der Waals surface area (Å²) in [4.78, 5) is 22.2. The van der Waals surface area contributed by atoms with Crippen LogP contribution in [0.2, 0.25) is 0 Å². The molecule has 0 heterocycles. The summed E-state index contributed by atoms with van der Waals surface area (Å²) in [5, 5.41) is 11.4. The highest BCUT2D eigenvalue weighted by Gasteiger charge is 2.18. The molecule has 0 aromatic heterocycles. The predicted molar refractivity (Wildman–Crippen MR) is 67.8 cm³/mol. The van der Waals surface area contributed by atoms with Gasteiger partial charge in [0.25, 0.3) is 5.91 Å². The Bertz CT molecular complexity index is 471. The van der Waals surface area contributed by atoms with Crippen LogP contribution in [0.3, 0.4) is 0 Å². The van der Waals surface area contributed by atoms with Crippen LogP contribution in [0.4, 0.5) is 0 Å². The summed E-state index contributed by atoms with van der Waals surface area (Å²) in [6, 6.07) is 8.63. The van der Waals surface area contributed by atoms with Crippen LogP contribution in [-0.4, -0.2) is 23.0 Å². The predicted octanol–water partition coefficient (Wildman–Crippen LogP) is 1.21. The second kappa shape index (κ2) is 7.13. The smallest absolute Gasteiger partial charge is 0.326 e. The van der Waals surface area contributed by atoms with Crippen molar-refractivity contribution in [2.24, 2.45) is 0 Å². The van der Waals surface area contributed by atoms with Crippen molar-refractivity contribution in [3.8, 4) is 11.8 Å². The fourth-order valence-electron chi connectivity index (χ4n) is 1.52. The van der Waals surface area contributed by atoms with Crippen LogP contribution in [-0.2, 0) is 16.0 Å². The molecule has 0 aliphatic carbocycles. The molecule has 1 rings (SSSR count). The van der Waals surface area contributed by atoms with Crippen LogP contribution in [0.1, 0.15) is 18.9 Å². The van der Waals surface area contributed by atoms with E-state index in [0.29, 0.717) is 12.8 Å². The summed E-state index contributed by atoms with van der Waals surface area (Å²) in [6.07, 6.45) is 0.939. The molecule has 0 aliphatic rings. The number of carboxylic acid groups (broad SMARTS) is 1. The molecule has 1 aromatic carbocycles. The highest BCUT2D eigenvalue weighted by molar-refractivity contribution is 5.95. The van der Waals surface area contributed by atoms with E-state index in [9.17, 15) is 9.59 Å². The van der Waals surface area contributed by atoms with Crippen molar-refractivity contribution < 1.29 is 14.7 Å². The zero-order valence-corrected chi connectivity index (χ0v) is 10.1. The van der Waals surface area contributed by atoms with Gasteiger partial charge in [-0.25, -0.2) is 4.79 Å².